The molecule has 27 heavy (non-hydrogen) atoms. The Morgan fingerprint density at radius 3 is 2.85 bits per heavy atom. The van der Waals surface area contributed by atoms with Crippen molar-refractivity contribution in [3.8, 4) is 5.75 Å². The molecule has 0 aliphatic carbocycles. The zero-order valence-electron chi connectivity index (χ0n) is 15.2. The molecule has 8 nitrogen and oxygen atoms in total. The van der Waals surface area contributed by atoms with Crippen molar-refractivity contribution >= 4 is 16.9 Å². The Bertz CT molecular complexity index is 981. The van der Waals surface area contributed by atoms with Crippen molar-refractivity contribution in [1.29, 1.82) is 0 Å². The molecule has 1 saturated heterocycles. The molecule has 142 valence electrons. The number of carbonyl (C=O) groups excluding carboxylic acids is 1. The molecule has 3 heterocycles. The molecular formula is C19H21N3O5. The summed E-state index contributed by atoms with van der Waals surface area (Å²) in [6.45, 7) is 2.53. The number of rotatable bonds is 6. The standard InChI is InChI=1S/C19H21N3O5/c1-12-17(18(24)21-19(9-23)10-25-11-19)15-7-14(3-4-16(15)27-12)26-8-13-5-6-20-22(13)2/h3-7,23H,8-11H2,1-2H3,(H,21,24). The lowest BCUT2D eigenvalue weighted by atomic mass is 9.97. The minimum Gasteiger partial charge on any atom is -0.487 e. The number of amides is 1. The van der Waals surface area contributed by atoms with Crippen molar-refractivity contribution < 1.29 is 23.8 Å². The number of fused-ring (bicyclic) bond motifs is 1. The molecule has 0 bridgehead atoms. The number of hydrogen-bond donors (Lipinski definition) is 2. The lowest BCUT2D eigenvalue weighted by Crippen LogP contribution is -2.64. The van der Waals surface area contributed by atoms with Crippen molar-refractivity contribution in [2.45, 2.75) is 19.1 Å². The van der Waals surface area contributed by atoms with E-state index < -0.39 is 5.54 Å². The molecule has 1 aromatic carbocycles. The van der Waals surface area contributed by atoms with E-state index in [0.29, 0.717) is 47.9 Å². The average molecular weight is 371 g/mol. The van der Waals surface area contributed by atoms with Crippen LogP contribution in [0, 0.1) is 6.92 Å². The van der Waals surface area contributed by atoms with Crippen molar-refractivity contribution in [3.05, 3.63) is 47.5 Å². The van der Waals surface area contributed by atoms with Gasteiger partial charge in [0.2, 0.25) is 0 Å². The van der Waals surface area contributed by atoms with Crippen molar-refractivity contribution in [2.75, 3.05) is 19.8 Å². The van der Waals surface area contributed by atoms with Crippen LogP contribution in [0.4, 0.5) is 0 Å². The fourth-order valence-electron chi connectivity index (χ4n) is 3.13. The monoisotopic (exact) mass is 371 g/mol. The first-order chi connectivity index (χ1) is 13.0. The minimum atomic E-state index is -0.721. The second-order valence-electron chi connectivity index (χ2n) is 6.81. The van der Waals surface area contributed by atoms with Gasteiger partial charge in [-0.15, -0.1) is 0 Å². The number of nitrogens with zero attached hydrogens (tertiary/aromatic N) is 2. The molecule has 4 rings (SSSR count). The third kappa shape index (κ3) is 3.17. The van der Waals surface area contributed by atoms with Gasteiger partial charge in [0, 0.05) is 18.6 Å². The third-order valence-corrected chi connectivity index (χ3v) is 4.81. The van der Waals surface area contributed by atoms with Crippen LogP contribution < -0.4 is 10.1 Å². The Morgan fingerprint density at radius 1 is 1.41 bits per heavy atom. The Morgan fingerprint density at radius 2 is 2.22 bits per heavy atom. The highest BCUT2D eigenvalue weighted by atomic mass is 16.5. The summed E-state index contributed by atoms with van der Waals surface area (Å²) in [5.41, 5.74) is 1.26. The Balaban J connectivity index is 1.59. The summed E-state index contributed by atoms with van der Waals surface area (Å²) in [5, 5.41) is 17.2. The van der Waals surface area contributed by atoms with Crippen LogP contribution in [-0.4, -0.2) is 46.2 Å². The number of aliphatic hydroxyl groups is 1. The molecule has 1 fully saturated rings. The van der Waals surface area contributed by atoms with E-state index in [4.69, 9.17) is 13.9 Å². The summed E-state index contributed by atoms with van der Waals surface area (Å²) in [7, 11) is 1.85. The van der Waals surface area contributed by atoms with E-state index >= 15 is 0 Å². The lowest BCUT2D eigenvalue weighted by molar-refractivity contribution is -0.0919. The van der Waals surface area contributed by atoms with Gasteiger partial charge in [-0.3, -0.25) is 9.48 Å². The molecule has 0 atom stereocenters. The van der Waals surface area contributed by atoms with Crippen LogP contribution in [0.5, 0.6) is 5.75 Å². The molecule has 2 aromatic heterocycles. The van der Waals surface area contributed by atoms with E-state index in [9.17, 15) is 9.90 Å². The van der Waals surface area contributed by atoms with Gasteiger partial charge in [0.25, 0.3) is 5.91 Å². The highest BCUT2D eigenvalue weighted by Gasteiger charge is 2.40. The van der Waals surface area contributed by atoms with Gasteiger partial charge in [0.05, 0.1) is 31.1 Å². The molecule has 0 radical (unpaired) electrons. The Hall–Kier alpha value is -2.84. The van der Waals surface area contributed by atoms with Crippen molar-refractivity contribution in [1.82, 2.24) is 15.1 Å². The number of aromatic nitrogens is 2. The number of benzene rings is 1. The highest BCUT2D eigenvalue weighted by Crippen LogP contribution is 2.30. The molecule has 0 spiro atoms. The molecule has 0 unspecified atom stereocenters. The first-order valence-corrected chi connectivity index (χ1v) is 8.65. The summed E-state index contributed by atoms with van der Waals surface area (Å²) in [6.07, 6.45) is 1.71. The lowest BCUT2D eigenvalue weighted by Gasteiger charge is -2.40. The summed E-state index contributed by atoms with van der Waals surface area (Å²) in [5.74, 6) is 0.842. The first-order valence-electron chi connectivity index (χ1n) is 8.65. The van der Waals surface area contributed by atoms with Gasteiger partial charge in [0.1, 0.15) is 29.2 Å². The van der Waals surface area contributed by atoms with E-state index in [0.717, 1.165) is 5.69 Å². The normalized spacial score (nSPS) is 15.5. The maximum Gasteiger partial charge on any atom is 0.256 e. The van der Waals surface area contributed by atoms with Crippen LogP contribution >= 0.6 is 0 Å². The zero-order valence-corrected chi connectivity index (χ0v) is 15.2. The third-order valence-electron chi connectivity index (χ3n) is 4.81. The fraction of sp³-hybridized carbons (Fsp3) is 0.368. The van der Waals surface area contributed by atoms with Crippen LogP contribution in [0.1, 0.15) is 21.8 Å². The zero-order chi connectivity index (χ0) is 19.0. The van der Waals surface area contributed by atoms with Crippen molar-refractivity contribution in [3.63, 3.8) is 0 Å². The maximum atomic E-state index is 12.8. The largest absolute Gasteiger partial charge is 0.487 e. The van der Waals surface area contributed by atoms with E-state index in [2.05, 4.69) is 10.4 Å². The fourth-order valence-corrected chi connectivity index (χ4v) is 3.13. The molecular weight excluding hydrogens is 350 g/mol. The van der Waals surface area contributed by atoms with Crippen LogP contribution in [-0.2, 0) is 18.4 Å². The van der Waals surface area contributed by atoms with E-state index in [-0.39, 0.29) is 12.5 Å². The summed E-state index contributed by atoms with van der Waals surface area (Å²) in [4.78, 5) is 12.8. The smallest absolute Gasteiger partial charge is 0.256 e. The van der Waals surface area contributed by atoms with Crippen molar-refractivity contribution in [2.24, 2.45) is 7.05 Å². The SMILES string of the molecule is Cc1oc2ccc(OCc3ccnn3C)cc2c1C(=O)NC1(CO)COC1. The second kappa shape index (κ2) is 6.71. The molecule has 0 saturated carbocycles. The number of aliphatic hydroxyl groups excluding tert-OH is 1. The van der Waals surface area contributed by atoms with Gasteiger partial charge in [-0.25, -0.2) is 0 Å². The maximum absolute atomic E-state index is 12.8. The molecule has 1 aliphatic rings. The van der Waals surface area contributed by atoms with E-state index in [1.54, 1.807) is 36.0 Å². The van der Waals surface area contributed by atoms with Gasteiger partial charge in [-0.05, 0) is 31.2 Å². The van der Waals surface area contributed by atoms with Crippen LogP contribution in [0.25, 0.3) is 11.0 Å². The Labute approximate surface area is 155 Å². The van der Waals surface area contributed by atoms with Gasteiger partial charge in [-0.1, -0.05) is 0 Å². The number of nitrogens with one attached hydrogen (secondary N) is 1. The van der Waals surface area contributed by atoms with E-state index in [1.807, 2.05) is 13.1 Å². The first kappa shape index (κ1) is 17.6. The van der Waals surface area contributed by atoms with Crippen LogP contribution in [0.15, 0.2) is 34.9 Å². The number of ether oxygens (including phenoxy) is 2. The van der Waals surface area contributed by atoms with Crippen LogP contribution in [0.3, 0.4) is 0 Å². The topological polar surface area (TPSA) is 98.8 Å². The van der Waals surface area contributed by atoms with Crippen LogP contribution in [0.2, 0.25) is 0 Å². The summed E-state index contributed by atoms with van der Waals surface area (Å²) in [6, 6.07) is 7.26. The summed E-state index contributed by atoms with van der Waals surface area (Å²) >= 11 is 0. The predicted molar refractivity (Wildman–Crippen MR) is 96.6 cm³/mol. The van der Waals surface area contributed by atoms with Gasteiger partial charge < -0.3 is 24.3 Å². The van der Waals surface area contributed by atoms with E-state index in [1.165, 1.54) is 0 Å². The van der Waals surface area contributed by atoms with Gasteiger partial charge in [-0.2, -0.15) is 5.10 Å². The number of aryl methyl sites for hydroxylation is 2. The minimum absolute atomic E-state index is 0.174. The predicted octanol–water partition coefficient (Wildman–Crippen LogP) is 1.54. The molecule has 8 heteroatoms. The van der Waals surface area contributed by atoms with Gasteiger partial charge in [0.15, 0.2) is 0 Å². The molecule has 1 amide bonds. The summed E-state index contributed by atoms with van der Waals surface area (Å²) < 4.78 is 18.4. The molecule has 3 aromatic rings. The molecule has 1 aliphatic heterocycles. The number of carbonyl (C=O) groups is 1. The number of furan rings is 1. The highest BCUT2D eigenvalue weighted by molar-refractivity contribution is 6.07. The second-order valence-corrected chi connectivity index (χ2v) is 6.81. The average Bonchev–Trinajstić information content (AvgIpc) is 3.17. The quantitative estimate of drug-likeness (QED) is 0.682. The molecule has 2 N–H and O–H groups in total. The number of hydrogen-bond acceptors (Lipinski definition) is 6. The van der Waals surface area contributed by atoms with Gasteiger partial charge >= 0.3 is 0 Å². The Kier molecular flexibility index (Phi) is 4.37.